The number of hydrogen-bond acceptors (Lipinski definition) is 4. The quantitative estimate of drug-likeness (QED) is 0.526. The number of carbonyl (C=O) groups excluding carboxylic acids is 2. The predicted octanol–water partition coefficient (Wildman–Crippen LogP) is 1.85. The molecule has 0 radical (unpaired) electrons. The molecule has 1 unspecified atom stereocenters. The van der Waals surface area contributed by atoms with Crippen LogP contribution in [0.2, 0.25) is 0 Å². The zero-order valence-corrected chi connectivity index (χ0v) is 17.1. The lowest BCUT2D eigenvalue weighted by Crippen LogP contribution is -2.44. The van der Waals surface area contributed by atoms with Crippen molar-refractivity contribution in [3.05, 3.63) is 35.4 Å². The van der Waals surface area contributed by atoms with Crippen molar-refractivity contribution in [3.63, 3.8) is 0 Å². The van der Waals surface area contributed by atoms with Gasteiger partial charge in [-0.2, -0.15) is 0 Å². The van der Waals surface area contributed by atoms with Crippen molar-refractivity contribution in [2.45, 2.75) is 52.3 Å². The van der Waals surface area contributed by atoms with Crippen molar-refractivity contribution in [3.8, 4) is 0 Å². The third-order valence-corrected chi connectivity index (χ3v) is 4.17. The maximum atomic E-state index is 12.0. The summed E-state index contributed by atoms with van der Waals surface area (Å²) in [6, 6.07) is 7.17. The molecule has 8 nitrogen and oxygen atoms in total. The Balaban J connectivity index is 1.98. The fourth-order valence-corrected chi connectivity index (χ4v) is 2.96. The van der Waals surface area contributed by atoms with E-state index in [2.05, 4.69) is 20.5 Å². The molecule has 0 bridgehead atoms. The third kappa shape index (κ3) is 6.75. The van der Waals surface area contributed by atoms with Gasteiger partial charge in [0.05, 0.1) is 12.6 Å². The van der Waals surface area contributed by atoms with E-state index in [-0.39, 0.29) is 6.04 Å². The van der Waals surface area contributed by atoms with Gasteiger partial charge in [0.15, 0.2) is 5.96 Å². The molecule has 28 heavy (non-hydrogen) atoms. The Morgan fingerprint density at radius 2 is 2.11 bits per heavy atom. The lowest BCUT2D eigenvalue weighted by molar-refractivity contribution is 0.0507. The van der Waals surface area contributed by atoms with E-state index < -0.39 is 17.6 Å². The largest absolute Gasteiger partial charge is 0.444 e. The highest BCUT2D eigenvalue weighted by molar-refractivity contribution is 5.92. The molecular formula is C20H31N5O3. The number of rotatable bonds is 5. The number of nitrogens with two attached hydrogens (primary N) is 1. The number of benzene rings is 1. The number of ether oxygens (including phenoxy) is 1. The van der Waals surface area contributed by atoms with Gasteiger partial charge in [0.1, 0.15) is 5.60 Å². The van der Waals surface area contributed by atoms with Gasteiger partial charge in [-0.15, -0.1) is 0 Å². The second-order valence-electron chi connectivity index (χ2n) is 7.81. The van der Waals surface area contributed by atoms with E-state index in [0.29, 0.717) is 18.7 Å². The molecule has 2 amide bonds. The summed E-state index contributed by atoms with van der Waals surface area (Å²) in [4.78, 5) is 30.1. The minimum atomic E-state index is -0.516. The molecule has 1 atom stereocenters. The fourth-order valence-electron chi connectivity index (χ4n) is 2.96. The predicted molar refractivity (Wildman–Crippen MR) is 109 cm³/mol. The molecule has 0 aromatic heterocycles. The van der Waals surface area contributed by atoms with Gasteiger partial charge in [0, 0.05) is 25.2 Å². The summed E-state index contributed by atoms with van der Waals surface area (Å²) >= 11 is 0. The van der Waals surface area contributed by atoms with E-state index in [1.54, 1.807) is 18.2 Å². The monoisotopic (exact) mass is 389 g/mol. The molecule has 8 heteroatoms. The second kappa shape index (κ2) is 9.43. The highest BCUT2D eigenvalue weighted by Crippen LogP contribution is 2.13. The second-order valence-corrected chi connectivity index (χ2v) is 7.81. The first-order valence-corrected chi connectivity index (χ1v) is 9.59. The molecule has 4 N–H and O–H groups in total. The third-order valence-electron chi connectivity index (χ3n) is 4.17. The van der Waals surface area contributed by atoms with E-state index in [1.165, 1.54) is 0 Å². The van der Waals surface area contributed by atoms with Gasteiger partial charge < -0.3 is 26.0 Å². The molecule has 1 aliphatic rings. The zero-order chi connectivity index (χ0) is 20.7. The van der Waals surface area contributed by atoms with Crippen LogP contribution in [0.3, 0.4) is 0 Å². The molecule has 1 heterocycles. The zero-order valence-electron chi connectivity index (χ0n) is 17.1. The molecule has 0 saturated carbocycles. The summed E-state index contributed by atoms with van der Waals surface area (Å²) in [5.74, 6) is 0.328. The average molecular weight is 390 g/mol. The first-order chi connectivity index (χ1) is 13.2. The van der Waals surface area contributed by atoms with Crippen LogP contribution in [0.5, 0.6) is 0 Å². The van der Waals surface area contributed by atoms with Gasteiger partial charge in [-0.25, -0.2) is 9.79 Å². The van der Waals surface area contributed by atoms with Gasteiger partial charge in [-0.3, -0.25) is 4.79 Å². The number of nitrogens with one attached hydrogen (secondary N) is 2. The summed E-state index contributed by atoms with van der Waals surface area (Å²) in [6.07, 6.45) is 0.422. The van der Waals surface area contributed by atoms with Crippen molar-refractivity contribution in [1.29, 1.82) is 0 Å². The van der Waals surface area contributed by atoms with E-state index >= 15 is 0 Å². The Morgan fingerprint density at radius 1 is 1.36 bits per heavy atom. The van der Waals surface area contributed by atoms with E-state index in [9.17, 15) is 9.59 Å². The van der Waals surface area contributed by atoms with E-state index in [1.807, 2.05) is 33.8 Å². The number of carbonyl (C=O) groups is 2. The fraction of sp³-hybridized carbons (Fsp3) is 0.550. The number of hydrogen-bond donors (Lipinski definition) is 3. The van der Waals surface area contributed by atoms with Crippen LogP contribution in [-0.2, 0) is 11.3 Å². The molecule has 1 fully saturated rings. The van der Waals surface area contributed by atoms with Crippen LogP contribution in [0, 0.1) is 0 Å². The Kier molecular flexibility index (Phi) is 7.25. The van der Waals surface area contributed by atoms with Crippen LogP contribution in [0.25, 0.3) is 0 Å². The molecule has 2 rings (SSSR count). The van der Waals surface area contributed by atoms with Crippen LogP contribution >= 0.6 is 0 Å². The lowest BCUT2D eigenvalue weighted by atomic mass is 10.1. The summed E-state index contributed by atoms with van der Waals surface area (Å²) in [5, 5.41) is 6.20. The lowest BCUT2D eigenvalue weighted by Gasteiger charge is -2.23. The average Bonchev–Trinajstić information content (AvgIpc) is 3.05. The highest BCUT2D eigenvalue weighted by atomic mass is 16.6. The van der Waals surface area contributed by atoms with Gasteiger partial charge in [-0.1, -0.05) is 12.1 Å². The minimum absolute atomic E-state index is 0.0110. The van der Waals surface area contributed by atoms with Crippen LogP contribution in [0.15, 0.2) is 29.3 Å². The van der Waals surface area contributed by atoms with E-state index in [0.717, 1.165) is 31.0 Å². The number of likely N-dealkylation sites (tertiary alicyclic amines) is 1. The number of primary amides is 1. The normalized spacial score (nSPS) is 17.4. The molecule has 1 aliphatic heterocycles. The highest BCUT2D eigenvalue weighted by Gasteiger charge is 2.27. The van der Waals surface area contributed by atoms with Crippen molar-refractivity contribution < 1.29 is 14.3 Å². The molecule has 154 valence electrons. The van der Waals surface area contributed by atoms with Crippen LogP contribution in [0.4, 0.5) is 4.79 Å². The van der Waals surface area contributed by atoms with Crippen molar-refractivity contribution in [2.75, 3.05) is 19.6 Å². The summed E-state index contributed by atoms with van der Waals surface area (Å²) in [6.45, 7) is 10.2. The number of alkyl carbamates (subject to hydrolysis) is 1. The number of aliphatic imine (C=N–C) groups is 1. The van der Waals surface area contributed by atoms with Crippen molar-refractivity contribution >= 4 is 18.0 Å². The molecular weight excluding hydrogens is 358 g/mol. The first-order valence-electron chi connectivity index (χ1n) is 9.59. The summed E-state index contributed by atoms with van der Waals surface area (Å²) < 4.78 is 5.33. The summed E-state index contributed by atoms with van der Waals surface area (Å²) in [7, 11) is 0. The standard InChI is InChI=1S/C20H31N5O3/c1-5-22-18(23-12-14-7-6-8-15(11-14)17(21)26)25-10-9-16(13-25)24-19(27)28-20(2,3)4/h6-8,11,16H,5,9-10,12-13H2,1-4H3,(H2,21,26)(H,22,23)(H,24,27). The number of guanidine groups is 1. The minimum Gasteiger partial charge on any atom is -0.444 e. The molecule has 0 spiro atoms. The van der Waals surface area contributed by atoms with Crippen LogP contribution in [-0.4, -0.2) is 54.1 Å². The maximum Gasteiger partial charge on any atom is 0.407 e. The topological polar surface area (TPSA) is 109 Å². The Bertz CT molecular complexity index is 727. The molecule has 1 aromatic carbocycles. The Morgan fingerprint density at radius 3 is 2.75 bits per heavy atom. The van der Waals surface area contributed by atoms with Crippen LogP contribution in [0.1, 0.15) is 50.0 Å². The van der Waals surface area contributed by atoms with Crippen molar-refractivity contribution in [2.24, 2.45) is 10.7 Å². The van der Waals surface area contributed by atoms with Gasteiger partial charge in [-0.05, 0) is 51.8 Å². The number of amides is 2. The SMILES string of the molecule is CCNC(=NCc1cccc(C(N)=O)c1)N1CCC(NC(=O)OC(C)(C)C)C1. The molecule has 1 saturated heterocycles. The van der Waals surface area contributed by atoms with Crippen molar-refractivity contribution in [1.82, 2.24) is 15.5 Å². The van der Waals surface area contributed by atoms with Gasteiger partial charge in [0.25, 0.3) is 0 Å². The molecule has 1 aromatic rings. The smallest absolute Gasteiger partial charge is 0.407 e. The maximum absolute atomic E-state index is 12.0. The number of nitrogens with zero attached hydrogens (tertiary/aromatic N) is 2. The Labute approximate surface area is 166 Å². The van der Waals surface area contributed by atoms with Crippen LogP contribution < -0.4 is 16.4 Å². The van der Waals surface area contributed by atoms with Gasteiger partial charge >= 0.3 is 6.09 Å². The van der Waals surface area contributed by atoms with E-state index in [4.69, 9.17) is 10.5 Å². The van der Waals surface area contributed by atoms with Gasteiger partial charge in [0.2, 0.25) is 5.91 Å². The summed E-state index contributed by atoms with van der Waals surface area (Å²) in [5.41, 5.74) is 6.21. The first kappa shape index (κ1) is 21.5. The molecule has 0 aliphatic carbocycles. The Hall–Kier alpha value is -2.77.